The largest absolute Gasteiger partial charge is 0.431 e. The summed E-state index contributed by atoms with van der Waals surface area (Å²) in [4.78, 5) is 12.3. The number of rotatable bonds is 5. The number of alkyl halides is 3. The highest BCUT2D eigenvalue weighted by atomic mass is 32.2. The fourth-order valence-electron chi connectivity index (χ4n) is 3.66. The highest BCUT2D eigenvalue weighted by molar-refractivity contribution is 7.91. The molecule has 2 heterocycles. The molecule has 2 unspecified atom stereocenters. The Kier molecular flexibility index (Phi) is 6.32. The van der Waals surface area contributed by atoms with E-state index in [4.69, 9.17) is 5.73 Å². The maximum atomic E-state index is 13.4. The van der Waals surface area contributed by atoms with Crippen LogP contribution in [0.5, 0.6) is 0 Å². The number of benzene rings is 1. The van der Waals surface area contributed by atoms with Gasteiger partial charge in [-0.25, -0.2) is 12.8 Å². The summed E-state index contributed by atoms with van der Waals surface area (Å²) in [6.45, 7) is 3.97. The molecule has 2 atom stereocenters. The number of thiophene rings is 1. The van der Waals surface area contributed by atoms with Gasteiger partial charge in [-0.2, -0.15) is 17.5 Å². The van der Waals surface area contributed by atoms with Gasteiger partial charge < -0.3 is 15.7 Å². The number of sulfonamides is 1. The van der Waals surface area contributed by atoms with Crippen molar-refractivity contribution in [2.24, 2.45) is 5.73 Å². The van der Waals surface area contributed by atoms with Crippen LogP contribution in [-0.2, 0) is 20.4 Å². The second-order valence-electron chi connectivity index (χ2n) is 7.53. The second kappa shape index (κ2) is 8.28. The van der Waals surface area contributed by atoms with Crippen LogP contribution >= 0.6 is 11.3 Å². The molecular formula is C19H21F4N3O4S2. The van der Waals surface area contributed by atoms with Crippen LogP contribution in [0.25, 0.3) is 0 Å². The number of anilines is 1. The van der Waals surface area contributed by atoms with Gasteiger partial charge in [-0.1, -0.05) is 0 Å². The molecular weight excluding hydrogens is 474 g/mol. The summed E-state index contributed by atoms with van der Waals surface area (Å²) in [7, 11) is -4.21. The van der Waals surface area contributed by atoms with Gasteiger partial charge in [0, 0.05) is 31.4 Å². The first kappa shape index (κ1) is 24.4. The van der Waals surface area contributed by atoms with Gasteiger partial charge in [-0.05, 0) is 49.7 Å². The first-order valence-electron chi connectivity index (χ1n) is 9.42. The van der Waals surface area contributed by atoms with Gasteiger partial charge in [-0.3, -0.25) is 4.79 Å². The highest BCUT2D eigenvalue weighted by Crippen LogP contribution is 2.43. The molecule has 1 aliphatic rings. The van der Waals surface area contributed by atoms with Crippen molar-refractivity contribution in [1.29, 1.82) is 0 Å². The zero-order valence-corrected chi connectivity index (χ0v) is 18.7. The number of carbonyl (C=O) groups excluding carboxylic acids is 1. The molecule has 1 aliphatic heterocycles. The summed E-state index contributed by atoms with van der Waals surface area (Å²) in [5, 5.41) is 9.91. The molecule has 1 fully saturated rings. The SMILES string of the molecule is Cc1cc(F)ccc1N1CCN(S(=O)(=O)c2ccc(C(O)(C(N)=O)C(F)(F)F)s2)C(C)C1. The Labute approximate surface area is 186 Å². The molecule has 0 bridgehead atoms. The number of amides is 1. The van der Waals surface area contributed by atoms with Crippen molar-refractivity contribution < 1.29 is 35.9 Å². The first-order chi connectivity index (χ1) is 14.7. The van der Waals surface area contributed by atoms with Crippen molar-refractivity contribution in [3.8, 4) is 0 Å². The molecule has 1 aromatic heterocycles. The fraction of sp³-hybridized carbons (Fsp3) is 0.421. The normalized spacial score (nSPS) is 20.2. The summed E-state index contributed by atoms with van der Waals surface area (Å²) in [5.74, 6) is -2.43. The van der Waals surface area contributed by atoms with E-state index < -0.39 is 42.8 Å². The average molecular weight is 496 g/mol. The van der Waals surface area contributed by atoms with Crippen LogP contribution in [-0.4, -0.2) is 55.6 Å². The number of primary amides is 1. The predicted molar refractivity (Wildman–Crippen MR) is 110 cm³/mol. The van der Waals surface area contributed by atoms with Gasteiger partial charge in [0.15, 0.2) is 0 Å². The third kappa shape index (κ3) is 4.09. The Morgan fingerprint density at radius 2 is 1.88 bits per heavy atom. The van der Waals surface area contributed by atoms with Gasteiger partial charge >= 0.3 is 6.18 Å². The predicted octanol–water partition coefficient (Wildman–Crippen LogP) is 2.33. The lowest BCUT2D eigenvalue weighted by Crippen LogP contribution is -2.54. The Hall–Kier alpha value is -2.22. The molecule has 0 aliphatic carbocycles. The number of nitrogens with two attached hydrogens (primary N) is 1. The van der Waals surface area contributed by atoms with E-state index in [1.165, 1.54) is 12.1 Å². The van der Waals surface area contributed by atoms with Gasteiger partial charge in [0.25, 0.3) is 21.5 Å². The van der Waals surface area contributed by atoms with E-state index in [-0.39, 0.29) is 36.8 Å². The molecule has 0 radical (unpaired) electrons. The van der Waals surface area contributed by atoms with Gasteiger partial charge in [0.1, 0.15) is 10.0 Å². The van der Waals surface area contributed by atoms with Crippen molar-refractivity contribution >= 4 is 33.0 Å². The van der Waals surface area contributed by atoms with Crippen molar-refractivity contribution in [3.63, 3.8) is 0 Å². The summed E-state index contributed by atoms with van der Waals surface area (Å²) in [6, 6.07) is 5.38. The number of carbonyl (C=O) groups is 1. The molecule has 1 saturated heterocycles. The smallest absolute Gasteiger partial charge is 0.368 e. The average Bonchev–Trinajstić information content (AvgIpc) is 3.17. The third-order valence-corrected chi connectivity index (χ3v) is 9.01. The molecule has 2 aromatic rings. The third-order valence-electron chi connectivity index (χ3n) is 5.33. The molecule has 0 saturated carbocycles. The van der Waals surface area contributed by atoms with E-state index in [0.717, 1.165) is 22.1 Å². The topological polar surface area (TPSA) is 104 Å². The number of aryl methyl sites for hydroxylation is 1. The molecule has 3 N–H and O–H groups in total. The number of nitrogens with zero attached hydrogens (tertiary/aromatic N) is 2. The lowest BCUT2D eigenvalue weighted by Gasteiger charge is -2.40. The van der Waals surface area contributed by atoms with Crippen LogP contribution < -0.4 is 10.6 Å². The Morgan fingerprint density at radius 3 is 2.41 bits per heavy atom. The van der Waals surface area contributed by atoms with Crippen LogP contribution in [0.3, 0.4) is 0 Å². The zero-order valence-electron chi connectivity index (χ0n) is 17.1. The van der Waals surface area contributed by atoms with Crippen molar-refractivity contribution in [1.82, 2.24) is 4.31 Å². The maximum Gasteiger partial charge on any atom is 0.431 e. The standard InChI is InChI=1S/C19H21F4N3O4S2/c1-11-9-13(20)3-4-14(11)25-7-8-26(12(2)10-25)32(29,30)16-6-5-15(31-16)18(28,17(24)27)19(21,22)23/h3-6,9,12,28H,7-8,10H2,1-2H3,(H2,24,27). The van der Waals surface area contributed by atoms with Crippen LogP contribution in [0.1, 0.15) is 17.4 Å². The molecule has 13 heteroatoms. The van der Waals surface area contributed by atoms with E-state index in [1.54, 1.807) is 19.9 Å². The maximum absolute atomic E-state index is 13.4. The summed E-state index contributed by atoms with van der Waals surface area (Å²) in [5.41, 5.74) is 2.23. The van der Waals surface area contributed by atoms with Gasteiger partial charge in [0.2, 0.25) is 0 Å². The molecule has 0 spiro atoms. The van der Waals surface area contributed by atoms with Gasteiger partial charge in [0.05, 0.1) is 4.88 Å². The number of aliphatic hydroxyl groups is 1. The van der Waals surface area contributed by atoms with Crippen molar-refractivity contribution in [2.75, 3.05) is 24.5 Å². The van der Waals surface area contributed by atoms with Crippen molar-refractivity contribution in [3.05, 3.63) is 46.6 Å². The quantitative estimate of drug-likeness (QED) is 0.620. The van der Waals surface area contributed by atoms with E-state index in [2.05, 4.69) is 0 Å². The van der Waals surface area contributed by atoms with E-state index in [9.17, 15) is 35.9 Å². The van der Waals surface area contributed by atoms with Crippen LogP contribution in [0.2, 0.25) is 0 Å². The summed E-state index contributed by atoms with van der Waals surface area (Å²) in [6.07, 6.45) is -5.42. The first-order valence-corrected chi connectivity index (χ1v) is 11.7. The van der Waals surface area contributed by atoms with E-state index >= 15 is 0 Å². The fourth-order valence-corrected chi connectivity index (χ4v) is 6.82. The van der Waals surface area contributed by atoms with Crippen LogP contribution in [0.4, 0.5) is 23.2 Å². The molecule has 7 nitrogen and oxygen atoms in total. The molecule has 32 heavy (non-hydrogen) atoms. The number of hydrogen-bond donors (Lipinski definition) is 2. The number of piperazine rings is 1. The summed E-state index contributed by atoms with van der Waals surface area (Å²) < 4.78 is 80.2. The Morgan fingerprint density at radius 1 is 1.22 bits per heavy atom. The Bertz CT molecular complexity index is 1140. The van der Waals surface area contributed by atoms with Crippen LogP contribution in [0.15, 0.2) is 34.5 Å². The van der Waals surface area contributed by atoms with Crippen LogP contribution in [0, 0.1) is 12.7 Å². The minimum absolute atomic E-state index is 0.0346. The van der Waals surface area contributed by atoms with Gasteiger partial charge in [-0.15, -0.1) is 11.3 Å². The lowest BCUT2D eigenvalue weighted by atomic mass is 10.0. The molecule has 3 rings (SSSR count). The monoisotopic (exact) mass is 495 g/mol. The second-order valence-corrected chi connectivity index (χ2v) is 10.7. The number of hydrogen-bond acceptors (Lipinski definition) is 6. The Balaban J connectivity index is 1.86. The zero-order chi connectivity index (χ0) is 24.1. The summed E-state index contributed by atoms with van der Waals surface area (Å²) >= 11 is 0.143. The van der Waals surface area contributed by atoms with E-state index in [1.807, 2.05) is 4.90 Å². The number of halogens is 4. The molecule has 1 aromatic carbocycles. The minimum atomic E-state index is -5.42. The van der Waals surface area contributed by atoms with Crippen molar-refractivity contribution in [2.45, 2.75) is 35.9 Å². The molecule has 1 amide bonds. The van der Waals surface area contributed by atoms with E-state index in [0.29, 0.717) is 5.56 Å². The lowest BCUT2D eigenvalue weighted by molar-refractivity contribution is -0.254. The molecule has 176 valence electrons. The highest BCUT2D eigenvalue weighted by Gasteiger charge is 2.61. The minimum Gasteiger partial charge on any atom is -0.368 e.